The molecule has 0 aromatic heterocycles. The summed E-state index contributed by atoms with van der Waals surface area (Å²) in [5.41, 5.74) is 0.344. The van der Waals surface area contributed by atoms with E-state index in [1.165, 1.54) is 0 Å². The van der Waals surface area contributed by atoms with Crippen molar-refractivity contribution in [3.05, 3.63) is 29.8 Å². The van der Waals surface area contributed by atoms with Crippen LogP contribution in [0.2, 0.25) is 0 Å². The average Bonchev–Trinajstić information content (AvgIpc) is 2.55. The van der Waals surface area contributed by atoms with E-state index in [2.05, 4.69) is 0 Å². The van der Waals surface area contributed by atoms with Crippen molar-refractivity contribution in [1.82, 2.24) is 0 Å². The van der Waals surface area contributed by atoms with Crippen molar-refractivity contribution in [2.75, 3.05) is 20.3 Å². The summed E-state index contributed by atoms with van der Waals surface area (Å²) in [6.45, 7) is 10.6. The SMILES string of the molecule is CCC(C)(CCOS(=O)(=O)c1ccc(C)cc1)OCCC(C)(C)OC. The standard InChI is InChI=1S/C19H32O5S/c1-7-19(5,23-14-12-18(3,4)22-6)13-15-24-25(20,21)17-10-8-16(2)9-11-17/h8-11H,7,12-15H2,1-6H3. The highest BCUT2D eigenvalue weighted by Gasteiger charge is 2.26. The lowest BCUT2D eigenvalue weighted by molar-refractivity contribution is -0.0752. The molecule has 0 aliphatic rings. The summed E-state index contributed by atoms with van der Waals surface area (Å²) in [6, 6.07) is 6.64. The van der Waals surface area contributed by atoms with E-state index in [-0.39, 0.29) is 17.1 Å². The fourth-order valence-corrected chi connectivity index (χ4v) is 3.04. The van der Waals surface area contributed by atoms with Crippen LogP contribution in [-0.4, -0.2) is 39.9 Å². The summed E-state index contributed by atoms with van der Waals surface area (Å²) in [7, 11) is -2.05. The van der Waals surface area contributed by atoms with E-state index in [4.69, 9.17) is 13.7 Å². The molecule has 5 nitrogen and oxygen atoms in total. The van der Waals surface area contributed by atoms with Crippen LogP contribution in [0.15, 0.2) is 29.2 Å². The van der Waals surface area contributed by atoms with E-state index >= 15 is 0 Å². The Hall–Kier alpha value is -0.950. The van der Waals surface area contributed by atoms with Crippen LogP contribution in [0.3, 0.4) is 0 Å². The van der Waals surface area contributed by atoms with Crippen molar-refractivity contribution < 1.29 is 22.1 Å². The summed E-state index contributed by atoms with van der Waals surface area (Å²) in [5, 5.41) is 0. The van der Waals surface area contributed by atoms with E-state index in [1.807, 2.05) is 34.6 Å². The van der Waals surface area contributed by atoms with Crippen molar-refractivity contribution >= 4 is 10.1 Å². The maximum Gasteiger partial charge on any atom is 0.296 e. The molecular weight excluding hydrogens is 340 g/mol. The van der Waals surface area contributed by atoms with Crippen LogP contribution in [0.1, 0.15) is 52.5 Å². The number of rotatable bonds is 11. The Morgan fingerprint density at radius 3 is 2.12 bits per heavy atom. The summed E-state index contributed by atoms with van der Waals surface area (Å²) in [6.07, 6.45) is 2.04. The Bertz CT molecular complexity index is 622. The molecule has 0 bridgehead atoms. The summed E-state index contributed by atoms with van der Waals surface area (Å²) in [4.78, 5) is 0.180. The van der Waals surface area contributed by atoms with Crippen LogP contribution < -0.4 is 0 Å². The zero-order valence-corrected chi connectivity index (χ0v) is 17.1. The molecule has 0 aliphatic heterocycles. The lowest BCUT2D eigenvalue weighted by atomic mass is 9.99. The zero-order chi connectivity index (χ0) is 19.1. The highest BCUT2D eigenvalue weighted by Crippen LogP contribution is 2.23. The van der Waals surface area contributed by atoms with Gasteiger partial charge in [0.1, 0.15) is 0 Å². The van der Waals surface area contributed by atoms with Gasteiger partial charge in [-0.05, 0) is 52.7 Å². The lowest BCUT2D eigenvalue weighted by Crippen LogP contribution is -2.33. The van der Waals surface area contributed by atoms with Gasteiger partial charge in [0.25, 0.3) is 10.1 Å². The van der Waals surface area contributed by atoms with Crippen LogP contribution in [0.4, 0.5) is 0 Å². The summed E-state index contributed by atoms with van der Waals surface area (Å²) in [5.74, 6) is 0. The number of benzene rings is 1. The summed E-state index contributed by atoms with van der Waals surface area (Å²) < 4.78 is 41.0. The number of hydrogen-bond donors (Lipinski definition) is 0. The van der Waals surface area contributed by atoms with Gasteiger partial charge in [0, 0.05) is 13.5 Å². The van der Waals surface area contributed by atoms with Crippen LogP contribution in [0.25, 0.3) is 0 Å². The van der Waals surface area contributed by atoms with Gasteiger partial charge in [-0.3, -0.25) is 4.18 Å². The molecule has 1 atom stereocenters. The molecule has 0 amide bonds. The molecule has 0 radical (unpaired) electrons. The lowest BCUT2D eigenvalue weighted by Gasteiger charge is -2.31. The Kier molecular flexibility index (Phi) is 8.06. The maximum absolute atomic E-state index is 12.2. The second-order valence-electron chi connectivity index (χ2n) is 7.20. The highest BCUT2D eigenvalue weighted by molar-refractivity contribution is 7.86. The molecule has 0 heterocycles. The maximum atomic E-state index is 12.2. The topological polar surface area (TPSA) is 61.8 Å². The Morgan fingerprint density at radius 2 is 1.60 bits per heavy atom. The van der Waals surface area contributed by atoms with Crippen molar-refractivity contribution in [3.8, 4) is 0 Å². The van der Waals surface area contributed by atoms with Crippen LogP contribution in [0.5, 0.6) is 0 Å². The molecule has 25 heavy (non-hydrogen) atoms. The fraction of sp³-hybridized carbons (Fsp3) is 0.684. The van der Waals surface area contributed by atoms with Gasteiger partial charge in [-0.15, -0.1) is 0 Å². The van der Waals surface area contributed by atoms with E-state index in [1.54, 1.807) is 31.4 Å². The molecule has 1 rings (SSSR count). The first-order valence-corrected chi connectivity index (χ1v) is 10.1. The molecule has 0 N–H and O–H groups in total. The van der Waals surface area contributed by atoms with Crippen LogP contribution >= 0.6 is 0 Å². The van der Waals surface area contributed by atoms with Gasteiger partial charge in [0.05, 0.1) is 29.3 Å². The normalized spacial score (nSPS) is 15.1. The molecule has 0 spiro atoms. The van der Waals surface area contributed by atoms with Gasteiger partial charge in [0.2, 0.25) is 0 Å². The Morgan fingerprint density at radius 1 is 1.00 bits per heavy atom. The number of hydrogen-bond acceptors (Lipinski definition) is 5. The van der Waals surface area contributed by atoms with E-state index in [0.717, 1.165) is 18.4 Å². The van der Waals surface area contributed by atoms with Gasteiger partial charge in [-0.25, -0.2) is 0 Å². The highest BCUT2D eigenvalue weighted by atomic mass is 32.2. The first-order valence-electron chi connectivity index (χ1n) is 8.69. The Labute approximate surface area is 152 Å². The third-order valence-corrected chi connectivity index (χ3v) is 5.96. The van der Waals surface area contributed by atoms with Gasteiger partial charge in [-0.1, -0.05) is 24.6 Å². The molecule has 1 unspecified atom stereocenters. The van der Waals surface area contributed by atoms with Crippen molar-refractivity contribution in [2.24, 2.45) is 0 Å². The minimum Gasteiger partial charge on any atom is -0.379 e. The van der Waals surface area contributed by atoms with E-state index in [9.17, 15) is 8.42 Å². The summed E-state index contributed by atoms with van der Waals surface area (Å²) >= 11 is 0. The molecular formula is C19H32O5S. The molecule has 0 aliphatic carbocycles. The van der Waals surface area contributed by atoms with Gasteiger partial charge < -0.3 is 9.47 Å². The van der Waals surface area contributed by atoms with E-state index < -0.39 is 15.7 Å². The molecule has 1 aromatic rings. The Balaban J connectivity index is 2.54. The number of methoxy groups -OCH3 is 1. The fourth-order valence-electron chi connectivity index (χ4n) is 2.14. The molecule has 0 saturated carbocycles. The van der Waals surface area contributed by atoms with E-state index in [0.29, 0.717) is 13.0 Å². The van der Waals surface area contributed by atoms with Crippen LogP contribution in [0, 0.1) is 6.92 Å². The molecule has 0 saturated heterocycles. The number of aryl methyl sites for hydroxylation is 1. The van der Waals surface area contributed by atoms with Gasteiger partial charge in [0.15, 0.2) is 0 Å². The third-order valence-electron chi connectivity index (χ3n) is 4.63. The smallest absolute Gasteiger partial charge is 0.296 e. The molecule has 1 aromatic carbocycles. The molecule has 0 fully saturated rings. The largest absolute Gasteiger partial charge is 0.379 e. The van der Waals surface area contributed by atoms with Crippen molar-refractivity contribution in [2.45, 2.75) is 70.0 Å². The minimum absolute atomic E-state index is 0.0915. The monoisotopic (exact) mass is 372 g/mol. The predicted octanol–water partition coefficient (Wildman–Crippen LogP) is 4.09. The minimum atomic E-state index is -3.73. The second kappa shape index (κ2) is 9.12. The quantitative estimate of drug-likeness (QED) is 0.548. The predicted molar refractivity (Wildman–Crippen MR) is 99.3 cm³/mol. The van der Waals surface area contributed by atoms with Crippen molar-refractivity contribution in [3.63, 3.8) is 0 Å². The average molecular weight is 373 g/mol. The third kappa shape index (κ3) is 7.44. The molecule has 144 valence electrons. The van der Waals surface area contributed by atoms with Gasteiger partial charge in [-0.2, -0.15) is 8.42 Å². The number of ether oxygens (including phenoxy) is 2. The first-order chi connectivity index (χ1) is 11.5. The zero-order valence-electron chi connectivity index (χ0n) is 16.3. The first kappa shape index (κ1) is 22.1. The molecule has 6 heteroatoms. The van der Waals surface area contributed by atoms with Gasteiger partial charge >= 0.3 is 0 Å². The van der Waals surface area contributed by atoms with Crippen LogP contribution in [-0.2, 0) is 23.8 Å². The van der Waals surface area contributed by atoms with Crippen molar-refractivity contribution in [1.29, 1.82) is 0 Å². The second-order valence-corrected chi connectivity index (χ2v) is 8.82.